The number of rotatable bonds is 6. The summed E-state index contributed by atoms with van der Waals surface area (Å²) in [6.07, 6.45) is 9.24. The van der Waals surface area contributed by atoms with E-state index in [0.717, 1.165) is 54.9 Å². The Hall–Kier alpha value is -2.34. The lowest BCUT2D eigenvalue weighted by molar-refractivity contribution is 0.102. The Morgan fingerprint density at radius 3 is 2.79 bits per heavy atom. The fourth-order valence-corrected chi connectivity index (χ4v) is 4.18. The van der Waals surface area contributed by atoms with Crippen LogP contribution in [0.2, 0.25) is 0 Å². The van der Waals surface area contributed by atoms with E-state index in [2.05, 4.69) is 20.4 Å². The predicted octanol–water partition coefficient (Wildman–Crippen LogP) is 3.80. The Kier molecular flexibility index (Phi) is 6.27. The number of aromatic amines is 1. The Labute approximate surface area is 166 Å². The van der Waals surface area contributed by atoms with Crippen LogP contribution in [0.1, 0.15) is 60.3 Å². The molecule has 150 valence electrons. The Balaban J connectivity index is 1.36. The molecular formula is C22H30N4O2. The number of H-pyrrole nitrogens is 1. The second-order valence-electron chi connectivity index (χ2n) is 7.82. The Morgan fingerprint density at radius 2 is 1.93 bits per heavy atom. The zero-order valence-electron chi connectivity index (χ0n) is 16.5. The lowest BCUT2D eigenvalue weighted by Gasteiger charge is -2.15. The molecule has 2 N–H and O–H groups in total. The highest BCUT2D eigenvalue weighted by Gasteiger charge is 2.20. The number of hydrogen-bond acceptors (Lipinski definition) is 4. The van der Waals surface area contributed by atoms with E-state index in [0.29, 0.717) is 12.3 Å². The maximum absolute atomic E-state index is 12.8. The molecule has 0 saturated carbocycles. The number of aryl methyl sites for hydroxylation is 1. The maximum atomic E-state index is 12.8. The third-order valence-corrected chi connectivity index (χ3v) is 5.74. The molecule has 0 unspecified atom stereocenters. The van der Waals surface area contributed by atoms with Gasteiger partial charge in [0, 0.05) is 29.6 Å². The van der Waals surface area contributed by atoms with Gasteiger partial charge >= 0.3 is 0 Å². The van der Waals surface area contributed by atoms with Crippen LogP contribution in [-0.2, 0) is 12.8 Å². The van der Waals surface area contributed by atoms with Crippen LogP contribution in [0.25, 0.3) is 0 Å². The summed E-state index contributed by atoms with van der Waals surface area (Å²) in [7, 11) is 0. The fourth-order valence-electron chi connectivity index (χ4n) is 4.18. The Bertz CT molecular complexity index is 796. The first-order valence-corrected chi connectivity index (χ1v) is 10.6. The van der Waals surface area contributed by atoms with Gasteiger partial charge in [-0.1, -0.05) is 18.9 Å². The van der Waals surface area contributed by atoms with E-state index in [-0.39, 0.29) is 5.91 Å². The van der Waals surface area contributed by atoms with Crippen LogP contribution in [-0.4, -0.2) is 47.2 Å². The van der Waals surface area contributed by atoms with E-state index in [1.807, 2.05) is 24.3 Å². The number of aromatic nitrogens is 2. The molecule has 0 spiro atoms. The molecule has 1 aliphatic carbocycles. The number of carbonyl (C=O) groups excluding carboxylic acids is 1. The number of benzene rings is 1. The Morgan fingerprint density at radius 1 is 1.11 bits per heavy atom. The third kappa shape index (κ3) is 4.73. The average Bonchev–Trinajstić information content (AvgIpc) is 3.32. The van der Waals surface area contributed by atoms with Crippen LogP contribution in [0.15, 0.2) is 24.3 Å². The summed E-state index contributed by atoms with van der Waals surface area (Å²) in [4.78, 5) is 15.2. The van der Waals surface area contributed by atoms with Gasteiger partial charge in [0.2, 0.25) is 0 Å². The van der Waals surface area contributed by atoms with Crippen molar-refractivity contribution in [2.75, 3.05) is 31.6 Å². The lowest BCUT2D eigenvalue weighted by atomic mass is 9.97. The number of ether oxygens (including phenoxy) is 1. The van der Waals surface area contributed by atoms with Crippen LogP contribution < -0.4 is 10.1 Å². The van der Waals surface area contributed by atoms with E-state index in [4.69, 9.17) is 4.74 Å². The summed E-state index contributed by atoms with van der Waals surface area (Å²) in [5.41, 5.74) is 3.50. The molecule has 28 heavy (non-hydrogen) atoms. The van der Waals surface area contributed by atoms with Gasteiger partial charge in [-0.3, -0.25) is 14.8 Å². The topological polar surface area (TPSA) is 70.2 Å². The average molecular weight is 383 g/mol. The van der Waals surface area contributed by atoms with E-state index in [9.17, 15) is 4.79 Å². The van der Waals surface area contributed by atoms with Crippen molar-refractivity contribution in [2.24, 2.45) is 0 Å². The summed E-state index contributed by atoms with van der Waals surface area (Å²) in [5, 5.41) is 10.4. The van der Waals surface area contributed by atoms with E-state index < -0.39 is 0 Å². The summed E-state index contributed by atoms with van der Waals surface area (Å²) in [6, 6.07) is 7.62. The second kappa shape index (κ2) is 9.24. The van der Waals surface area contributed by atoms with Crippen molar-refractivity contribution in [3.05, 3.63) is 41.2 Å². The summed E-state index contributed by atoms with van der Waals surface area (Å²) >= 11 is 0. The number of amides is 1. The first kappa shape index (κ1) is 19.0. The first-order chi connectivity index (χ1) is 13.8. The highest BCUT2D eigenvalue weighted by Crippen LogP contribution is 2.23. The molecule has 1 aromatic heterocycles. The molecule has 2 aliphatic rings. The SMILES string of the molecule is O=C(Nc1cccc(OCCN2CCCC2)c1)c1n[nH]c2c1CCCCCC2. The van der Waals surface area contributed by atoms with Crippen LogP contribution >= 0.6 is 0 Å². The molecule has 0 bridgehead atoms. The van der Waals surface area contributed by atoms with Crippen molar-refractivity contribution >= 4 is 11.6 Å². The molecule has 1 amide bonds. The zero-order valence-corrected chi connectivity index (χ0v) is 16.5. The fraction of sp³-hybridized carbons (Fsp3) is 0.545. The van der Waals surface area contributed by atoms with Crippen molar-refractivity contribution in [1.82, 2.24) is 15.1 Å². The monoisotopic (exact) mass is 382 g/mol. The van der Waals surface area contributed by atoms with Crippen LogP contribution in [0.5, 0.6) is 5.75 Å². The molecule has 6 nitrogen and oxygen atoms in total. The van der Waals surface area contributed by atoms with E-state index >= 15 is 0 Å². The minimum atomic E-state index is -0.146. The van der Waals surface area contributed by atoms with Gasteiger partial charge in [-0.2, -0.15) is 5.10 Å². The number of fused-ring (bicyclic) bond motifs is 1. The highest BCUT2D eigenvalue weighted by atomic mass is 16.5. The quantitative estimate of drug-likeness (QED) is 0.797. The number of carbonyl (C=O) groups is 1. The molecule has 0 atom stereocenters. The second-order valence-corrected chi connectivity index (χ2v) is 7.82. The number of hydrogen-bond donors (Lipinski definition) is 2. The van der Waals surface area contributed by atoms with Crippen molar-refractivity contribution in [2.45, 2.75) is 51.4 Å². The molecule has 2 aromatic rings. The first-order valence-electron chi connectivity index (χ1n) is 10.6. The van der Waals surface area contributed by atoms with Crippen molar-refractivity contribution in [3.8, 4) is 5.75 Å². The number of nitrogens with zero attached hydrogens (tertiary/aromatic N) is 2. The molecule has 2 heterocycles. The van der Waals surface area contributed by atoms with Crippen LogP contribution in [0.3, 0.4) is 0 Å². The summed E-state index contributed by atoms with van der Waals surface area (Å²) in [6.45, 7) is 3.97. The van der Waals surface area contributed by atoms with Gasteiger partial charge in [0.25, 0.3) is 5.91 Å². The predicted molar refractivity (Wildman–Crippen MR) is 110 cm³/mol. The van der Waals surface area contributed by atoms with Crippen LogP contribution in [0.4, 0.5) is 5.69 Å². The van der Waals surface area contributed by atoms with Gasteiger partial charge in [-0.15, -0.1) is 0 Å². The maximum Gasteiger partial charge on any atom is 0.276 e. The van der Waals surface area contributed by atoms with Crippen molar-refractivity contribution in [3.63, 3.8) is 0 Å². The largest absolute Gasteiger partial charge is 0.492 e. The number of anilines is 1. The van der Waals surface area contributed by atoms with Gasteiger partial charge in [0.05, 0.1) is 0 Å². The molecule has 1 aromatic carbocycles. The minimum absolute atomic E-state index is 0.146. The summed E-state index contributed by atoms with van der Waals surface area (Å²) in [5.74, 6) is 0.640. The lowest BCUT2D eigenvalue weighted by Crippen LogP contribution is -2.25. The minimum Gasteiger partial charge on any atom is -0.492 e. The van der Waals surface area contributed by atoms with Gasteiger partial charge in [-0.25, -0.2) is 0 Å². The third-order valence-electron chi connectivity index (χ3n) is 5.74. The number of nitrogens with one attached hydrogen (secondary N) is 2. The van der Waals surface area contributed by atoms with E-state index in [1.165, 1.54) is 38.8 Å². The van der Waals surface area contributed by atoms with Gasteiger partial charge in [0.1, 0.15) is 12.4 Å². The summed E-state index contributed by atoms with van der Waals surface area (Å²) < 4.78 is 5.89. The molecule has 1 fully saturated rings. The zero-order chi connectivity index (χ0) is 19.2. The molecule has 0 radical (unpaired) electrons. The van der Waals surface area contributed by atoms with Gasteiger partial charge in [-0.05, 0) is 63.7 Å². The number of likely N-dealkylation sites (tertiary alicyclic amines) is 1. The molecular weight excluding hydrogens is 352 g/mol. The smallest absolute Gasteiger partial charge is 0.276 e. The standard InChI is InChI=1S/C22H30N4O2/c27-22(21-19-10-3-1-2-4-11-20(19)24-25-21)23-17-8-7-9-18(16-17)28-15-14-26-12-5-6-13-26/h7-9,16H,1-6,10-15H2,(H,23,27)(H,24,25). The van der Waals surface area contributed by atoms with E-state index in [1.54, 1.807) is 0 Å². The molecule has 1 saturated heterocycles. The molecule has 1 aliphatic heterocycles. The molecule has 4 rings (SSSR count). The van der Waals surface area contributed by atoms with Crippen LogP contribution in [0, 0.1) is 0 Å². The van der Waals surface area contributed by atoms with Gasteiger partial charge < -0.3 is 10.1 Å². The molecule has 6 heteroatoms. The van der Waals surface area contributed by atoms with Gasteiger partial charge in [0.15, 0.2) is 5.69 Å². The highest BCUT2D eigenvalue weighted by molar-refractivity contribution is 6.04. The van der Waals surface area contributed by atoms with Crippen molar-refractivity contribution in [1.29, 1.82) is 0 Å². The normalized spacial score (nSPS) is 17.6. The van der Waals surface area contributed by atoms with Crippen molar-refractivity contribution < 1.29 is 9.53 Å².